The van der Waals surface area contributed by atoms with Gasteiger partial charge >= 0.3 is 18.1 Å². The van der Waals surface area contributed by atoms with Gasteiger partial charge in [0, 0.05) is 42.9 Å². The molecule has 17 heteroatoms. The van der Waals surface area contributed by atoms with Gasteiger partial charge in [0.1, 0.15) is 12.4 Å². The Morgan fingerprint density at radius 3 is 2.00 bits per heavy atom. The Bertz CT molecular complexity index is 2120. The number of alkyl halides is 3. The van der Waals surface area contributed by atoms with Gasteiger partial charge in [0.25, 0.3) is 5.56 Å². The van der Waals surface area contributed by atoms with Crippen molar-refractivity contribution in [3.05, 3.63) is 122 Å². The number of nitrogens with zero attached hydrogens (tertiary/aromatic N) is 3. The molecule has 0 fully saturated rings. The van der Waals surface area contributed by atoms with Gasteiger partial charge in [-0.1, -0.05) is 48.5 Å². The number of aliphatic hydroxyl groups excluding tert-OH is 2. The van der Waals surface area contributed by atoms with Gasteiger partial charge < -0.3 is 35.2 Å². The van der Waals surface area contributed by atoms with Crippen molar-refractivity contribution in [2.45, 2.75) is 89.9 Å². The molecule has 1 aliphatic carbocycles. The van der Waals surface area contributed by atoms with Crippen molar-refractivity contribution in [2.24, 2.45) is 0 Å². The summed E-state index contributed by atoms with van der Waals surface area (Å²) in [6.07, 6.45) is -6.76. The average molecular weight is 817 g/mol. The number of aliphatic hydroxyl groups is 2. The highest BCUT2D eigenvalue weighted by Gasteiger charge is 2.31. The third-order valence-corrected chi connectivity index (χ3v) is 9.33. The van der Waals surface area contributed by atoms with E-state index < -0.39 is 47.5 Å². The van der Waals surface area contributed by atoms with E-state index in [0.29, 0.717) is 42.9 Å². The van der Waals surface area contributed by atoms with Gasteiger partial charge in [0.15, 0.2) is 23.8 Å². The molecule has 3 aromatic carbocycles. The number of halogens is 5. The summed E-state index contributed by atoms with van der Waals surface area (Å²) >= 11 is 0. The smallest absolute Gasteiger partial charge is 0.416 e. The molecule has 1 aliphatic rings. The topological polar surface area (TPSA) is 182 Å². The fourth-order valence-electron chi connectivity index (χ4n) is 6.26. The van der Waals surface area contributed by atoms with Gasteiger partial charge in [-0.3, -0.25) is 9.59 Å². The molecule has 0 saturated heterocycles. The van der Waals surface area contributed by atoms with Crippen LogP contribution in [0.1, 0.15) is 61.0 Å². The molecule has 0 bridgehead atoms. The van der Waals surface area contributed by atoms with Crippen molar-refractivity contribution in [3.63, 3.8) is 0 Å². The number of amides is 1. The molecule has 0 aliphatic heterocycles. The fraction of sp³-hybridized carbons (Fsp3) is 0.390. The first-order valence-corrected chi connectivity index (χ1v) is 18.3. The van der Waals surface area contributed by atoms with E-state index in [0.717, 1.165) is 41.4 Å². The van der Waals surface area contributed by atoms with Gasteiger partial charge in [-0.25, -0.2) is 18.4 Å². The van der Waals surface area contributed by atoms with Crippen LogP contribution in [0.15, 0.2) is 71.5 Å². The van der Waals surface area contributed by atoms with Crippen LogP contribution in [-0.4, -0.2) is 83.6 Å². The number of aliphatic carboxylic acids is 2. The molecule has 0 spiro atoms. The first-order valence-electron chi connectivity index (χ1n) is 18.3. The van der Waals surface area contributed by atoms with Crippen LogP contribution in [0.3, 0.4) is 0 Å². The summed E-state index contributed by atoms with van der Waals surface area (Å²) in [5.41, 5.74) is 2.48. The molecule has 1 aromatic heterocycles. The predicted octanol–water partition coefficient (Wildman–Crippen LogP) is 4.78. The molecule has 5 N–H and O–H groups in total. The standard InChI is InChI=1S/C37H39F5N4O2.C4H6O6/c1-36(2,3)43-20-21-45(22-24-10-12-25(13-11-24)26-14-17-28(18-15-26)37(40,41)42)33(47)23-46-31-9-5-7-29(31)35(48)44-32(46)19-16-27-6-4-8-30(38)34(27)39;5-1(3(7)8)2(6)4(9)10/h4,6,8,10-15,17-18,43H,5,7,9,16,19-23H2,1-3H3;1-2,5-6H,(H,7,8)(H,9,10). The Hall–Kier alpha value is -5.52. The summed E-state index contributed by atoms with van der Waals surface area (Å²) in [7, 11) is 0. The first kappa shape index (κ1) is 45.2. The number of carboxylic acids is 2. The number of aromatic nitrogens is 2. The van der Waals surface area contributed by atoms with Crippen molar-refractivity contribution in [1.82, 2.24) is 19.8 Å². The lowest BCUT2D eigenvalue weighted by molar-refractivity contribution is -0.165. The normalized spacial score (nSPS) is 13.6. The lowest BCUT2D eigenvalue weighted by atomic mass is 10.0. The summed E-state index contributed by atoms with van der Waals surface area (Å²) in [6.45, 7) is 7.20. The molecule has 4 aromatic rings. The van der Waals surface area contributed by atoms with E-state index in [2.05, 4.69) is 10.3 Å². The highest BCUT2D eigenvalue weighted by Crippen LogP contribution is 2.31. The molecule has 0 radical (unpaired) electrons. The number of carbonyl (C=O) groups excluding carboxylic acids is 1. The second-order valence-electron chi connectivity index (χ2n) is 14.7. The molecule has 58 heavy (non-hydrogen) atoms. The monoisotopic (exact) mass is 816 g/mol. The van der Waals surface area contributed by atoms with Gasteiger partial charge in [-0.2, -0.15) is 18.2 Å². The van der Waals surface area contributed by atoms with Crippen LogP contribution < -0.4 is 10.9 Å². The Morgan fingerprint density at radius 2 is 1.45 bits per heavy atom. The van der Waals surface area contributed by atoms with Crippen LogP contribution in [0.25, 0.3) is 11.1 Å². The van der Waals surface area contributed by atoms with Crippen LogP contribution in [-0.2, 0) is 59.3 Å². The SMILES string of the molecule is CC(C)(C)NCCN(Cc1ccc(-c2ccc(C(F)(F)F)cc2)cc1)C(=O)Cn1c(CCc2cccc(F)c2F)nc(=O)c2c1CCC2.O=C(O)C(O)C(O)C(=O)O. The van der Waals surface area contributed by atoms with Crippen molar-refractivity contribution >= 4 is 17.8 Å². The summed E-state index contributed by atoms with van der Waals surface area (Å²) in [5.74, 6) is -5.27. The second-order valence-corrected chi connectivity index (χ2v) is 14.7. The van der Waals surface area contributed by atoms with E-state index in [9.17, 15) is 41.1 Å². The largest absolute Gasteiger partial charge is 0.479 e. The number of nitrogens with one attached hydrogen (secondary N) is 1. The van der Waals surface area contributed by atoms with Gasteiger partial charge in [-0.15, -0.1) is 0 Å². The third-order valence-electron chi connectivity index (χ3n) is 9.33. The maximum atomic E-state index is 14.4. The average Bonchev–Trinajstić information content (AvgIpc) is 3.66. The maximum Gasteiger partial charge on any atom is 0.416 e. The predicted molar refractivity (Wildman–Crippen MR) is 202 cm³/mol. The molecule has 2 unspecified atom stereocenters. The zero-order valence-corrected chi connectivity index (χ0v) is 32.0. The zero-order valence-electron chi connectivity index (χ0n) is 32.0. The summed E-state index contributed by atoms with van der Waals surface area (Å²) in [4.78, 5) is 52.5. The first-order chi connectivity index (χ1) is 27.2. The number of rotatable bonds is 14. The van der Waals surface area contributed by atoms with Crippen molar-refractivity contribution < 1.29 is 56.8 Å². The highest BCUT2D eigenvalue weighted by atomic mass is 19.4. The molecule has 2 atom stereocenters. The quantitative estimate of drug-likeness (QED) is 0.111. The Kier molecular flexibility index (Phi) is 15.0. The van der Waals surface area contributed by atoms with Gasteiger partial charge in [0.05, 0.1) is 5.56 Å². The molecule has 312 valence electrons. The van der Waals surface area contributed by atoms with E-state index in [1.165, 1.54) is 24.3 Å². The minimum absolute atomic E-state index is 0.0737. The summed E-state index contributed by atoms with van der Waals surface area (Å²) in [6, 6.07) is 16.3. The third kappa shape index (κ3) is 12.2. The summed E-state index contributed by atoms with van der Waals surface area (Å²) < 4.78 is 69.1. The molecule has 12 nitrogen and oxygen atoms in total. The zero-order chi connectivity index (χ0) is 42.9. The number of carbonyl (C=O) groups is 3. The molecule has 5 rings (SSSR count). The molecule has 1 amide bonds. The Labute approximate surface area is 330 Å². The number of carboxylic acid groups (broad SMARTS) is 2. The van der Waals surface area contributed by atoms with Crippen molar-refractivity contribution in [2.75, 3.05) is 13.1 Å². The molecule has 1 heterocycles. The number of aryl methyl sites for hydroxylation is 2. The minimum atomic E-state index is -4.41. The molecular formula is C41H45F5N4O8. The van der Waals surface area contributed by atoms with Gasteiger partial charge in [-0.05, 0) is 86.9 Å². The highest BCUT2D eigenvalue weighted by molar-refractivity contribution is 5.83. The fourth-order valence-corrected chi connectivity index (χ4v) is 6.26. The van der Waals surface area contributed by atoms with Gasteiger partial charge in [0.2, 0.25) is 5.91 Å². The molecule has 0 saturated carbocycles. The lowest BCUT2D eigenvalue weighted by Gasteiger charge is -2.28. The van der Waals surface area contributed by atoms with E-state index >= 15 is 0 Å². The van der Waals surface area contributed by atoms with E-state index in [4.69, 9.17) is 20.4 Å². The number of benzene rings is 3. The van der Waals surface area contributed by atoms with E-state index in [1.54, 1.807) is 9.47 Å². The van der Waals surface area contributed by atoms with Crippen LogP contribution in [0.4, 0.5) is 22.0 Å². The van der Waals surface area contributed by atoms with Crippen molar-refractivity contribution in [1.29, 1.82) is 0 Å². The molecular weight excluding hydrogens is 771 g/mol. The summed E-state index contributed by atoms with van der Waals surface area (Å²) in [5, 5.41) is 35.9. The second kappa shape index (κ2) is 19.3. The Morgan fingerprint density at radius 1 is 0.862 bits per heavy atom. The number of hydrogen-bond donors (Lipinski definition) is 5. The van der Waals surface area contributed by atoms with E-state index in [1.807, 2.05) is 45.0 Å². The lowest BCUT2D eigenvalue weighted by Crippen LogP contribution is -2.44. The number of hydrogen-bond acceptors (Lipinski definition) is 8. The van der Waals surface area contributed by atoms with Crippen molar-refractivity contribution in [3.8, 4) is 11.1 Å². The van der Waals surface area contributed by atoms with E-state index in [-0.39, 0.29) is 48.5 Å². The van der Waals surface area contributed by atoms with Crippen LogP contribution in [0.5, 0.6) is 0 Å². The maximum absolute atomic E-state index is 14.4. The van der Waals surface area contributed by atoms with Crippen LogP contribution >= 0.6 is 0 Å². The minimum Gasteiger partial charge on any atom is -0.479 e. The van der Waals surface area contributed by atoms with Crippen LogP contribution in [0, 0.1) is 11.6 Å². The Balaban J connectivity index is 0.000000657. The number of fused-ring (bicyclic) bond motifs is 1. The van der Waals surface area contributed by atoms with Crippen LogP contribution in [0.2, 0.25) is 0 Å².